The van der Waals surface area contributed by atoms with Crippen molar-refractivity contribution in [3.8, 4) is 17.2 Å². The fraction of sp³-hybridized carbons (Fsp3) is 0.200. The minimum absolute atomic E-state index is 0.0384. The highest BCUT2D eigenvalue weighted by Gasteiger charge is 2.23. The summed E-state index contributed by atoms with van der Waals surface area (Å²) in [5.74, 6) is 0.773. The number of phenolic OH excluding ortho intramolecular Hbond substituents is 1. The Morgan fingerprint density at radius 3 is 2.59 bits per heavy atom. The summed E-state index contributed by atoms with van der Waals surface area (Å²) in [7, 11) is 3.08. The second-order valence-corrected chi connectivity index (χ2v) is 6.35. The molecule has 0 bridgehead atoms. The number of amides is 1. The van der Waals surface area contributed by atoms with Crippen molar-refractivity contribution in [3.05, 3.63) is 58.7 Å². The van der Waals surface area contributed by atoms with Gasteiger partial charge in [-0.05, 0) is 35.9 Å². The Labute approximate surface area is 161 Å². The third-order valence-electron chi connectivity index (χ3n) is 4.24. The number of hydrogen-bond donors (Lipinski definition) is 2. The van der Waals surface area contributed by atoms with Crippen LogP contribution in [-0.4, -0.2) is 30.2 Å². The SMILES string of the molecule is COc1ccc(C(NC(C)=O)c2cc(Cl)c3cccnc3c2O)cc1OC. The quantitative estimate of drug-likeness (QED) is 0.696. The number of benzene rings is 2. The molecular formula is C20H19ClN2O4. The van der Waals surface area contributed by atoms with Crippen molar-refractivity contribution >= 4 is 28.4 Å². The summed E-state index contributed by atoms with van der Waals surface area (Å²) in [5, 5.41) is 14.7. The number of carbonyl (C=O) groups is 1. The number of fused-ring (bicyclic) bond motifs is 1. The van der Waals surface area contributed by atoms with Crippen molar-refractivity contribution < 1.29 is 19.4 Å². The number of phenols is 1. The van der Waals surface area contributed by atoms with Crippen molar-refractivity contribution in [2.24, 2.45) is 0 Å². The van der Waals surface area contributed by atoms with Crippen molar-refractivity contribution in [1.29, 1.82) is 0 Å². The molecule has 6 nitrogen and oxygen atoms in total. The van der Waals surface area contributed by atoms with Gasteiger partial charge in [-0.2, -0.15) is 0 Å². The van der Waals surface area contributed by atoms with E-state index in [9.17, 15) is 9.90 Å². The summed E-state index contributed by atoms with van der Waals surface area (Å²) in [6.45, 7) is 1.41. The van der Waals surface area contributed by atoms with Crippen LogP contribution in [0.5, 0.6) is 17.2 Å². The number of hydrogen-bond acceptors (Lipinski definition) is 5. The molecule has 140 valence electrons. The van der Waals surface area contributed by atoms with E-state index in [2.05, 4.69) is 10.3 Å². The van der Waals surface area contributed by atoms with Crippen LogP contribution in [0.15, 0.2) is 42.6 Å². The molecule has 1 aromatic heterocycles. The maximum Gasteiger partial charge on any atom is 0.217 e. The van der Waals surface area contributed by atoms with Gasteiger partial charge in [0.05, 0.1) is 25.3 Å². The van der Waals surface area contributed by atoms with Crippen LogP contribution >= 0.6 is 11.6 Å². The van der Waals surface area contributed by atoms with E-state index in [-0.39, 0.29) is 11.7 Å². The van der Waals surface area contributed by atoms with Crippen LogP contribution in [-0.2, 0) is 4.79 Å². The highest BCUT2D eigenvalue weighted by molar-refractivity contribution is 6.35. The molecule has 7 heteroatoms. The summed E-state index contributed by atoms with van der Waals surface area (Å²) in [5.41, 5.74) is 1.51. The summed E-state index contributed by atoms with van der Waals surface area (Å²) in [6, 6.07) is 9.78. The molecule has 1 heterocycles. The van der Waals surface area contributed by atoms with Gasteiger partial charge in [-0.25, -0.2) is 0 Å². The number of carbonyl (C=O) groups excluding carboxylic acids is 1. The Morgan fingerprint density at radius 2 is 1.93 bits per heavy atom. The number of aromatic nitrogens is 1. The van der Waals surface area contributed by atoms with E-state index in [0.29, 0.717) is 38.6 Å². The zero-order chi connectivity index (χ0) is 19.6. The van der Waals surface area contributed by atoms with E-state index in [1.54, 1.807) is 49.7 Å². The number of pyridine rings is 1. The first-order valence-corrected chi connectivity index (χ1v) is 8.59. The van der Waals surface area contributed by atoms with Gasteiger partial charge in [0.15, 0.2) is 11.5 Å². The molecule has 3 rings (SSSR count). The molecule has 0 saturated heterocycles. The number of methoxy groups -OCH3 is 2. The van der Waals surface area contributed by atoms with Crippen molar-refractivity contribution in [2.75, 3.05) is 14.2 Å². The average molecular weight is 387 g/mol. The molecule has 0 saturated carbocycles. The first-order chi connectivity index (χ1) is 13.0. The van der Waals surface area contributed by atoms with E-state index in [1.165, 1.54) is 14.0 Å². The van der Waals surface area contributed by atoms with Crippen LogP contribution in [0.1, 0.15) is 24.1 Å². The van der Waals surface area contributed by atoms with Gasteiger partial charge in [0.25, 0.3) is 0 Å². The molecule has 0 aliphatic rings. The normalized spacial score (nSPS) is 11.9. The predicted octanol–water partition coefficient (Wildman–Crippen LogP) is 3.84. The molecule has 0 aliphatic carbocycles. The third-order valence-corrected chi connectivity index (χ3v) is 4.56. The largest absolute Gasteiger partial charge is 0.505 e. The van der Waals surface area contributed by atoms with Gasteiger partial charge in [-0.3, -0.25) is 9.78 Å². The first kappa shape index (κ1) is 18.8. The molecular weight excluding hydrogens is 368 g/mol. The molecule has 1 unspecified atom stereocenters. The van der Waals surface area contributed by atoms with Gasteiger partial charge in [0.1, 0.15) is 11.3 Å². The minimum Gasteiger partial charge on any atom is -0.505 e. The lowest BCUT2D eigenvalue weighted by Gasteiger charge is -2.22. The number of nitrogens with zero attached hydrogens (tertiary/aromatic N) is 1. The zero-order valence-corrected chi connectivity index (χ0v) is 15.9. The van der Waals surface area contributed by atoms with E-state index < -0.39 is 6.04 Å². The fourth-order valence-electron chi connectivity index (χ4n) is 3.00. The van der Waals surface area contributed by atoms with E-state index in [0.717, 1.165) is 0 Å². The molecule has 2 N–H and O–H groups in total. The lowest BCUT2D eigenvalue weighted by molar-refractivity contribution is -0.119. The molecule has 1 atom stereocenters. The topological polar surface area (TPSA) is 80.7 Å². The summed E-state index contributed by atoms with van der Waals surface area (Å²) >= 11 is 6.40. The van der Waals surface area contributed by atoms with Crippen LogP contribution in [0, 0.1) is 0 Å². The second kappa shape index (κ2) is 7.72. The second-order valence-electron chi connectivity index (χ2n) is 5.94. The van der Waals surface area contributed by atoms with Crippen molar-refractivity contribution in [1.82, 2.24) is 10.3 Å². The van der Waals surface area contributed by atoms with Crippen molar-refractivity contribution in [2.45, 2.75) is 13.0 Å². The Hall–Kier alpha value is -2.99. The number of aromatic hydroxyl groups is 1. The highest BCUT2D eigenvalue weighted by Crippen LogP contribution is 2.40. The summed E-state index contributed by atoms with van der Waals surface area (Å²) in [4.78, 5) is 16.1. The Bertz CT molecular complexity index is 1010. The number of ether oxygens (including phenoxy) is 2. The molecule has 0 radical (unpaired) electrons. The molecule has 2 aromatic carbocycles. The number of nitrogens with one attached hydrogen (secondary N) is 1. The standard InChI is InChI=1S/C20H19ClN2O4/c1-11(24)23-18(12-6-7-16(26-2)17(9-12)27-3)14-10-15(21)13-5-4-8-22-19(13)20(14)25/h4-10,18,25H,1-3H3,(H,23,24). The van der Waals surface area contributed by atoms with Crippen LogP contribution < -0.4 is 14.8 Å². The smallest absolute Gasteiger partial charge is 0.217 e. The minimum atomic E-state index is -0.647. The monoisotopic (exact) mass is 386 g/mol. The third kappa shape index (κ3) is 3.61. The molecule has 3 aromatic rings. The lowest BCUT2D eigenvalue weighted by atomic mass is 9.95. The molecule has 27 heavy (non-hydrogen) atoms. The Balaban J connectivity index is 2.21. The number of rotatable bonds is 5. The predicted molar refractivity (Wildman–Crippen MR) is 104 cm³/mol. The van der Waals surface area contributed by atoms with E-state index in [4.69, 9.17) is 21.1 Å². The van der Waals surface area contributed by atoms with Gasteiger partial charge >= 0.3 is 0 Å². The summed E-state index contributed by atoms with van der Waals surface area (Å²) in [6.07, 6.45) is 1.58. The zero-order valence-electron chi connectivity index (χ0n) is 15.1. The van der Waals surface area contributed by atoms with Crippen LogP contribution in [0.3, 0.4) is 0 Å². The Kier molecular flexibility index (Phi) is 5.37. The number of halogens is 1. The average Bonchev–Trinajstić information content (AvgIpc) is 2.68. The van der Waals surface area contributed by atoms with Gasteiger partial charge in [0, 0.05) is 24.1 Å². The van der Waals surface area contributed by atoms with Crippen molar-refractivity contribution in [3.63, 3.8) is 0 Å². The Morgan fingerprint density at radius 1 is 1.19 bits per heavy atom. The highest BCUT2D eigenvalue weighted by atomic mass is 35.5. The maximum absolute atomic E-state index is 11.8. The van der Waals surface area contributed by atoms with Gasteiger partial charge < -0.3 is 19.9 Å². The molecule has 0 fully saturated rings. The first-order valence-electron chi connectivity index (χ1n) is 8.21. The van der Waals surface area contributed by atoms with Gasteiger partial charge in [-0.1, -0.05) is 17.7 Å². The lowest BCUT2D eigenvalue weighted by Crippen LogP contribution is -2.27. The van der Waals surface area contributed by atoms with E-state index in [1.807, 2.05) is 0 Å². The molecule has 1 amide bonds. The maximum atomic E-state index is 11.8. The summed E-state index contributed by atoms with van der Waals surface area (Å²) < 4.78 is 10.6. The van der Waals surface area contributed by atoms with Crippen LogP contribution in [0.2, 0.25) is 5.02 Å². The molecule has 0 aliphatic heterocycles. The van der Waals surface area contributed by atoms with Crippen LogP contribution in [0.4, 0.5) is 0 Å². The van der Waals surface area contributed by atoms with E-state index >= 15 is 0 Å². The van der Waals surface area contributed by atoms with Crippen LogP contribution in [0.25, 0.3) is 10.9 Å². The molecule has 0 spiro atoms. The van der Waals surface area contributed by atoms with Gasteiger partial charge in [0.2, 0.25) is 5.91 Å². The van der Waals surface area contributed by atoms with Gasteiger partial charge in [-0.15, -0.1) is 0 Å². The fourth-order valence-corrected chi connectivity index (χ4v) is 3.27.